The van der Waals surface area contributed by atoms with Crippen molar-refractivity contribution in [2.75, 3.05) is 6.54 Å². The van der Waals surface area contributed by atoms with Crippen LogP contribution in [0.15, 0.2) is 30.6 Å². The number of rotatable bonds is 5. The summed E-state index contributed by atoms with van der Waals surface area (Å²) in [6, 6.07) is 4.40. The third-order valence-electron chi connectivity index (χ3n) is 2.68. The minimum Gasteiger partial charge on any atom is -0.313 e. The number of hydrogen-bond acceptors (Lipinski definition) is 3. The molecule has 0 aliphatic carbocycles. The van der Waals surface area contributed by atoms with E-state index in [1.165, 1.54) is 6.20 Å². The van der Waals surface area contributed by atoms with E-state index in [0.717, 1.165) is 29.3 Å². The Labute approximate surface area is 114 Å². The molecule has 0 bridgehead atoms. The minimum atomic E-state index is -4.44. The van der Waals surface area contributed by atoms with E-state index >= 15 is 0 Å². The predicted octanol–water partition coefficient (Wildman–Crippen LogP) is 2.79. The van der Waals surface area contributed by atoms with E-state index in [-0.39, 0.29) is 0 Å². The molecule has 0 amide bonds. The highest BCUT2D eigenvalue weighted by molar-refractivity contribution is 5.25. The molecular weight excluding hydrogens is 269 g/mol. The average Bonchev–Trinajstić information content (AvgIpc) is 2.89. The normalized spacial score (nSPS) is 11.8. The second-order valence-electron chi connectivity index (χ2n) is 4.34. The van der Waals surface area contributed by atoms with Crippen molar-refractivity contribution < 1.29 is 13.2 Å². The molecule has 0 aliphatic rings. The number of alkyl halides is 3. The molecule has 0 atom stereocenters. The Morgan fingerprint density at radius 1 is 1.25 bits per heavy atom. The van der Waals surface area contributed by atoms with Crippen LogP contribution in [0.2, 0.25) is 0 Å². The highest BCUT2D eigenvalue weighted by Gasteiger charge is 2.33. The van der Waals surface area contributed by atoms with E-state index in [2.05, 4.69) is 22.3 Å². The highest BCUT2D eigenvalue weighted by atomic mass is 19.4. The third-order valence-corrected chi connectivity index (χ3v) is 2.68. The summed E-state index contributed by atoms with van der Waals surface area (Å²) in [6.07, 6.45) is -0.513. The van der Waals surface area contributed by atoms with Gasteiger partial charge in [-0.3, -0.25) is 0 Å². The van der Waals surface area contributed by atoms with Crippen LogP contribution in [-0.4, -0.2) is 21.3 Å². The fourth-order valence-corrected chi connectivity index (χ4v) is 1.67. The first-order chi connectivity index (χ1) is 9.50. The molecule has 0 spiro atoms. The first kappa shape index (κ1) is 14.5. The fourth-order valence-electron chi connectivity index (χ4n) is 1.67. The smallest absolute Gasteiger partial charge is 0.313 e. The second-order valence-corrected chi connectivity index (χ2v) is 4.34. The quantitative estimate of drug-likeness (QED) is 0.859. The molecule has 0 radical (unpaired) electrons. The van der Waals surface area contributed by atoms with Gasteiger partial charge < -0.3 is 5.32 Å². The van der Waals surface area contributed by atoms with Gasteiger partial charge in [-0.1, -0.05) is 13.0 Å². The molecule has 4 nitrogen and oxygen atoms in total. The van der Waals surface area contributed by atoms with Crippen LogP contribution in [-0.2, 0) is 12.7 Å². The van der Waals surface area contributed by atoms with Gasteiger partial charge in [-0.15, -0.1) is 0 Å². The lowest BCUT2D eigenvalue weighted by Gasteiger charge is -2.05. The number of aromatic nitrogens is 3. The zero-order chi connectivity index (χ0) is 14.6. The highest BCUT2D eigenvalue weighted by Crippen LogP contribution is 2.27. The van der Waals surface area contributed by atoms with Crippen LogP contribution in [0.4, 0.5) is 13.2 Å². The maximum absolute atomic E-state index is 12.4. The van der Waals surface area contributed by atoms with Gasteiger partial charge in [0, 0.05) is 18.9 Å². The molecule has 0 fully saturated rings. The largest absolute Gasteiger partial charge is 0.435 e. The predicted molar refractivity (Wildman–Crippen MR) is 68.4 cm³/mol. The Hall–Kier alpha value is -1.89. The molecule has 0 aliphatic heterocycles. The Morgan fingerprint density at radius 3 is 2.60 bits per heavy atom. The first-order valence-electron chi connectivity index (χ1n) is 6.29. The van der Waals surface area contributed by atoms with Gasteiger partial charge in [0.15, 0.2) is 11.5 Å². The van der Waals surface area contributed by atoms with Gasteiger partial charge in [0.2, 0.25) is 0 Å². The van der Waals surface area contributed by atoms with E-state index < -0.39 is 11.9 Å². The molecule has 2 aromatic heterocycles. The second kappa shape index (κ2) is 6.04. The van der Waals surface area contributed by atoms with E-state index in [1.54, 1.807) is 12.3 Å². The van der Waals surface area contributed by atoms with Gasteiger partial charge in [0.05, 0.1) is 0 Å². The van der Waals surface area contributed by atoms with Crippen LogP contribution in [0.5, 0.6) is 0 Å². The van der Waals surface area contributed by atoms with Gasteiger partial charge in [0.1, 0.15) is 0 Å². The SMILES string of the molecule is CCCNCc1ccc(-n2ccc(C(F)(F)F)n2)nc1. The summed E-state index contributed by atoms with van der Waals surface area (Å²) in [5, 5.41) is 6.69. The van der Waals surface area contributed by atoms with Crippen molar-refractivity contribution in [2.45, 2.75) is 26.1 Å². The number of pyridine rings is 1. The maximum Gasteiger partial charge on any atom is 0.435 e. The zero-order valence-corrected chi connectivity index (χ0v) is 11.0. The van der Waals surface area contributed by atoms with Gasteiger partial charge >= 0.3 is 6.18 Å². The van der Waals surface area contributed by atoms with Crippen LogP contribution in [0.1, 0.15) is 24.6 Å². The molecule has 2 aromatic rings. The van der Waals surface area contributed by atoms with Crippen molar-refractivity contribution in [3.8, 4) is 5.82 Å². The summed E-state index contributed by atoms with van der Waals surface area (Å²) in [6.45, 7) is 3.67. The van der Waals surface area contributed by atoms with Gasteiger partial charge in [-0.05, 0) is 30.7 Å². The van der Waals surface area contributed by atoms with Crippen LogP contribution in [0, 0.1) is 0 Å². The summed E-state index contributed by atoms with van der Waals surface area (Å²) < 4.78 is 38.5. The summed E-state index contributed by atoms with van der Waals surface area (Å²) in [5.41, 5.74) is 0.0541. The fraction of sp³-hybridized carbons (Fsp3) is 0.385. The third kappa shape index (κ3) is 3.57. The van der Waals surface area contributed by atoms with Crippen molar-refractivity contribution >= 4 is 0 Å². The van der Waals surface area contributed by atoms with Crippen LogP contribution >= 0.6 is 0 Å². The summed E-state index contributed by atoms with van der Waals surface area (Å²) in [5.74, 6) is 0.361. The number of nitrogens with one attached hydrogen (secondary N) is 1. The van der Waals surface area contributed by atoms with Crippen molar-refractivity contribution in [3.05, 3.63) is 41.9 Å². The molecular formula is C13H15F3N4. The van der Waals surface area contributed by atoms with Crippen LogP contribution in [0.3, 0.4) is 0 Å². The standard InChI is InChI=1S/C13H15F3N4/c1-2-6-17-8-10-3-4-12(18-9-10)20-7-5-11(19-20)13(14,15)16/h3-5,7,9,17H,2,6,8H2,1H3. The Bertz CT molecular complexity index is 545. The van der Waals surface area contributed by atoms with E-state index in [1.807, 2.05) is 6.07 Å². The Morgan fingerprint density at radius 2 is 2.05 bits per heavy atom. The van der Waals surface area contributed by atoms with Gasteiger partial charge in [-0.2, -0.15) is 18.3 Å². The lowest BCUT2D eigenvalue weighted by atomic mass is 10.3. The lowest BCUT2D eigenvalue weighted by Crippen LogP contribution is -2.14. The topological polar surface area (TPSA) is 42.7 Å². The van der Waals surface area contributed by atoms with E-state index in [0.29, 0.717) is 12.4 Å². The van der Waals surface area contributed by atoms with Crippen molar-refractivity contribution in [1.29, 1.82) is 0 Å². The Kier molecular flexibility index (Phi) is 4.39. The van der Waals surface area contributed by atoms with E-state index in [4.69, 9.17) is 0 Å². The van der Waals surface area contributed by atoms with Crippen LogP contribution in [0.25, 0.3) is 5.82 Å². The van der Waals surface area contributed by atoms with E-state index in [9.17, 15) is 13.2 Å². The van der Waals surface area contributed by atoms with Crippen molar-refractivity contribution in [3.63, 3.8) is 0 Å². The molecule has 1 N–H and O–H groups in total. The number of nitrogens with zero attached hydrogens (tertiary/aromatic N) is 3. The zero-order valence-electron chi connectivity index (χ0n) is 11.0. The summed E-state index contributed by atoms with van der Waals surface area (Å²) in [4.78, 5) is 4.12. The summed E-state index contributed by atoms with van der Waals surface area (Å²) in [7, 11) is 0. The van der Waals surface area contributed by atoms with Crippen molar-refractivity contribution in [1.82, 2.24) is 20.1 Å². The molecule has 2 rings (SSSR count). The lowest BCUT2D eigenvalue weighted by molar-refractivity contribution is -0.141. The van der Waals surface area contributed by atoms with Gasteiger partial charge in [-0.25, -0.2) is 9.67 Å². The van der Waals surface area contributed by atoms with Crippen molar-refractivity contribution in [2.24, 2.45) is 0 Å². The number of halogens is 3. The first-order valence-corrected chi connectivity index (χ1v) is 6.29. The molecule has 108 valence electrons. The molecule has 2 heterocycles. The average molecular weight is 284 g/mol. The number of hydrogen-bond donors (Lipinski definition) is 1. The molecule has 7 heteroatoms. The maximum atomic E-state index is 12.4. The Balaban J connectivity index is 2.08. The summed E-state index contributed by atoms with van der Waals surface area (Å²) >= 11 is 0. The minimum absolute atomic E-state index is 0.361. The molecule has 0 saturated carbocycles. The monoisotopic (exact) mass is 284 g/mol. The molecule has 20 heavy (non-hydrogen) atoms. The molecule has 0 aromatic carbocycles. The van der Waals surface area contributed by atoms with Gasteiger partial charge in [0.25, 0.3) is 0 Å². The molecule has 0 saturated heterocycles. The van der Waals surface area contributed by atoms with Crippen LogP contribution < -0.4 is 5.32 Å². The molecule has 0 unspecified atom stereocenters.